The van der Waals surface area contributed by atoms with Crippen LogP contribution in [0.1, 0.15) is 37.0 Å². The number of nitrogens with one attached hydrogen (secondary N) is 1. The monoisotopic (exact) mass is 266 g/mol. The predicted octanol–water partition coefficient (Wildman–Crippen LogP) is 0.758. The summed E-state index contributed by atoms with van der Waals surface area (Å²) in [5.41, 5.74) is -1.49. The normalized spacial score (nSPS) is 13.6. The number of aromatic nitrogens is 1. The molecule has 19 heavy (non-hydrogen) atoms. The van der Waals surface area contributed by atoms with Crippen molar-refractivity contribution in [3.63, 3.8) is 0 Å². The van der Waals surface area contributed by atoms with Crippen molar-refractivity contribution >= 4 is 11.9 Å². The molecule has 0 aliphatic rings. The number of aryl methyl sites for hydroxylation is 1. The third-order valence-corrected chi connectivity index (χ3v) is 2.98. The van der Waals surface area contributed by atoms with Crippen LogP contribution in [0.4, 0.5) is 0 Å². The molecule has 0 spiro atoms. The molecule has 2 N–H and O–H groups in total. The van der Waals surface area contributed by atoms with Crippen LogP contribution >= 0.6 is 0 Å². The van der Waals surface area contributed by atoms with Gasteiger partial charge in [-0.15, -0.1) is 0 Å². The van der Waals surface area contributed by atoms with E-state index in [0.29, 0.717) is 12.8 Å². The molecule has 6 heteroatoms. The highest BCUT2D eigenvalue weighted by molar-refractivity contribution is 5.97. The summed E-state index contributed by atoms with van der Waals surface area (Å²) in [7, 11) is 1.57. The first-order valence-corrected chi connectivity index (χ1v) is 6.03. The van der Waals surface area contributed by atoms with E-state index in [9.17, 15) is 19.5 Å². The minimum atomic E-state index is -1.33. The highest BCUT2D eigenvalue weighted by Crippen LogP contribution is 2.13. The van der Waals surface area contributed by atoms with Crippen molar-refractivity contribution in [1.82, 2.24) is 9.88 Å². The number of pyridine rings is 1. The molecular formula is C13H18N2O4. The number of carbonyl (C=O) groups excluding carboxylic acids is 1. The zero-order valence-corrected chi connectivity index (χ0v) is 11.3. The van der Waals surface area contributed by atoms with Gasteiger partial charge in [-0.1, -0.05) is 13.3 Å². The molecule has 0 saturated heterocycles. The maximum Gasteiger partial charge on any atom is 0.329 e. The summed E-state index contributed by atoms with van der Waals surface area (Å²) in [5, 5.41) is 11.6. The van der Waals surface area contributed by atoms with Crippen LogP contribution in [0.2, 0.25) is 0 Å². The Bertz CT molecular complexity index is 550. The smallest absolute Gasteiger partial charge is 0.329 e. The van der Waals surface area contributed by atoms with Crippen molar-refractivity contribution in [2.24, 2.45) is 7.05 Å². The Balaban J connectivity index is 2.97. The third kappa shape index (κ3) is 3.43. The highest BCUT2D eigenvalue weighted by atomic mass is 16.4. The fraction of sp³-hybridized carbons (Fsp3) is 0.462. The van der Waals surface area contributed by atoms with E-state index in [4.69, 9.17) is 0 Å². The van der Waals surface area contributed by atoms with Gasteiger partial charge in [0.05, 0.1) is 0 Å². The summed E-state index contributed by atoms with van der Waals surface area (Å²) in [6, 6.07) is 2.66. The number of carbonyl (C=O) groups is 2. The average Bonchev–Trinajstić information content (AvgIpc) is 2.32. The number of hydrogen-bond donors (Lipinski definition) is 2. The molecule has 104 valence electrons. The van der Waals surface area contributed by atoms with Gasteiger partial charge in [0.25, 0.3) is 11.5 Å². The summed E-state index contributed by atoms with van der Waals surface area (Å²) in [6.07, 6.45) is 2.41. The Hall–Kier alpha value is -2.11. The van der Waals surface area contributed by atoms with E-state index in [1.165, 1.54) is 29.8 Å². The summed E-state index contributed by atoms with van der Waals surface area (Å²) in [4.78, 5) is 34.6. The number of rotatable bonds is 5. The largest absolute Gasteiger partial charge is 0.480 e. The first kappa shape index (κ1) is 14.9. The van der Waals surface area contributed by atoms with Crippen molar-refractivity contribution in [3.8, 4) is 0 Å². The summed E-state index contributed by atoms with van der Waals surface area (Å²) < 4.78 is 1.33. The fourth-order valence-electron chi connectivity index (χ4n) is 1.74. The van der Waals surface area contributed by atoms with E-state index in [0.717, 1.165) is 0 Å². The van der Waals surface area contributed by atoms with Gasteiger partial charge < -0.3 is 15.0 Å². The number of carboxylic acid groups (broad SMARTS) is 1. The lowest BCUT2D eigenvalue weighted by molar-refractivity contribution is -0.144. The standard InChI is InChI=1S/C13H18N2O4/c1-4-6-13(2,12(18)19)14-11(17)9-5-7-15(3)10(16)8-9/h5,7-8H,4,6H2,1-3H3,(H,14,17)(H,18,19). The summed E-state index contributed by atoms with van der Waals surface area (Å²) in [5.74, 6) is -1.65. The van der Waals surface area contributed by atoms with Crippen LogP contribution in [0.5, 0.6) is 0 Å². The zero-order valence-electron chi connectivity index (χ0n) is 11.3. The second-order valence-electron chi connectivity index (χ2n) is 4.71. The molecule has 0 aliphatic carbocycles. The Kier molecular flexibility index (Phi) is 4.47. The second-order valence-corrected chi connectivity index (χ2v) is 4.71. The molecular weight excluding hydrogens is 248 g/mol. The molecule has 1 aromatic heterocycles. The van der Waals surface area contributed by atoms with Gasteiger partial charge in [0.1, 0.15) is 5.54 Å². The van der Waals surface area contributed by atoms with Gasteiger partial charge in [0.2, 0.25) is 0 Å². The number of carboxylic acids is 1. The van der Waals surface area contributed by atoms with Crippen LogP contribution in [0.3, 0.4) is 0 Å². The SMILES string of the molecule is CCCC(C)(NC(=O)c1ccn(C)c(=O)c1)C(=O)O. The molecule has 0 fully saturated rings. The lowest BCUT2D eigenvalue weighted by Gasteiger charge is -2.25. The topological polar surface area (TPSA) is 88.4 Å². The van der Waals surface area contributed by atoms with Gasteiger partial charge in [0, 0.05) is 24.9 Å². The predicted molar refractivity (Wildman–Crippen MR) is 70.1 cm³/mol. The van der Waals surface area contributed by atoms with E-state index in [2.05, 4.69) is 5.32 Å². The second kappa shape index (κ2) is 5.69. The van der Waals surface area contributed by atoms with Crippen molar-refractivity contribution in [1.29, 1.82) is 0 Å². The van der Waals surface area contributed by atoms with Crippen molar-refractivity contribution in [2.45, 2.75) is 32.2 Å². The van der Waals surface area contributed by atoms with E-state index in [-0.39, 0.29) is 11.1 Å². The van der Waals surface area contributed by atoms with E-state index in [1.54, 1.807) is 7.05 Å². The van der Waals surface area contributed by atoms with Crippen LogP contribution in [0.25, 0.3) is 0 Å². The molecule has 1 amide bonds. The molecule has 0 aliphatic heterocycles. The lowest BCUT2D eigenvalue weighted by atomic mass is 9.96. The number of hydrogen-bond acceptors (Lipinski definition) is 3. The molecule has 1 heterocycles. The molecule has 0 radical (unpaired) electrons. The Morgan fingerprint density at radius 1 is 1.47 bits per heavy atom. The summed E-state index contributed by atoms with van der Waals surface area (Å²) >= 11 is 0. The zero-order chi connectivity index (χ0) is 14.6. The Labute approximate surface area is 111 Å². The number of nitrogens with zero attached hydrogens (tertiary/aromatic N) is 1. The minimum absolute atomic E-state index is 0.159. The summed E-state index contributed by atoms with van der Waals surface area (Å²) in [6.45, 7) is 3.30. The molecule has 1 unspecified atom stereocenters. The Morgan fingerprint density at radius 3 is 2.58 bits per heavy atom. The molecule has 1 aromatic rings. The van der Waals surface area contributed by atoms with Gasteiger partial charge >= 0.3 is 5.97 Å². The molecule has 6 nitrogen and oxygen atoms in total. The molecule has 1 atom stereocenters. The minimum Gasteiger partial charge on any atom is -0.480 e. The fourth-order valence-corrected chi connectivity index (χ4v) is 1.74. The van der Waals surface area contributed by atoms with Gasteiger partial charge in [0.15, 0.2) is 0 Å². The first-order valence-electron chi connectivity index (χ1n) is 6.03. The Morgan fingerprint density at radius 2 is 2.11 bits per heavy atom. The highest BCUT2D eigenvalue weighted by Gasteiger charge is 2.34. The van der Waals surface area contributed by atoms with Crippen LogP contribution in [0.15, 0.2) is 23.1 Å². The molecule has 0 aromatic carbocycles. The third-order valence-electron chi connectivity index (χ3n) is 2.98. The molecule has 0 bridgehead atoms. The molecule has 0 saturated carbocycles. The van der Waals surface area contributed by atoms with Gasteiger partial charge in [-0.2, -0.15) is 0 Å². The average molecular weight is 266 g/mol. The van der Waals surface area contributed by atoms with Crippen molar-refractivity contribution in [2.75, 3.05) is 0 Å². The van der Waals surface area contributed by atoms with Crippen LogP contribution in [0, 0.1) is 0 Å². The van der Waals surface area contributed by atoms with Crippen LogP contribution < -0.4 is 10.9 Å². The maximum absolute atomic E-state index is 12.0. The lowest BCUT2D eigenvalue weighted by Crippen LogP contribution is -2.52. The number of amides is 1. The van der Waals surface area contributed by atoms with Crippen LogP contribution in [-0.2, 0) is 11.8 Å². The van der Waals surface area contributed by atoms with Gasteiger partial charge in [-0.05, 0) is 19.4 Å². The quantitative estimate of drug-likeness (QED) is 0.823. The maximum atomic E-state index is 12.0. The van der Waals surface area contributed by atoms with Gasteiger partial charge in [-0.25, -0.2) is 4.79 Å². The molecule has 1 rings (SSSR count). The number of aliphatic carboxylic acids is 1. The van der Waals surface area contributed by atoms with Crippen LogP contribution in [-0.4, -0.2) is 27.1 Å². The first-order chi connectivity index (χ1) is 8.80. The van der Waals surface area contributed by atoms with E-state index < -0.39 is 17.4 Å². The van der Waals surface area contributed by atoms with E-state index >= 15 is 0 Å². The van der Waals surface area contributed by atoms with Gasteiger partial charge in [-0.3, -0.25) is 9.59 Å². The van der Waals surface area contributed by atoms with Crippen molar-refractivity contribution in [3.05, 3.63) is 34.2 Å². The van der Waals surface area contributed by atoms with E-state index in [1.807, 2.05) is 6.92 Å². The van der Waals surface area contributed by atoms with Crippen molar-refractivity contribution < 1.29 is 14.7 Å².